The first-order valence-electron chi connectivity index (χ1n) is 24.3. The minimum Gasteiger partial charge on any atom is -0.480 e. The van der Waals surface area contributed by atoms with Gasteiger partial charge in [-0.1, -0.05) is 177 Å². The smallest absolute Gasteiger partial charge is 0.472 e. The number of carboxylic acid groups (broad SMARTS) is 1. The number of aliphatic carboxylic acids is 1. The highest BCUT2D eigenvalue weighted by Gasteiger charge is 2.28. The lowest BCUT2D eigenvalue weighted by Crippen LogP contribution is -2.34. The topological polar surface area (TPSA) is 172 Å². The number of hydrogen-bond donors (Lipinski definition) is 3. The molecule has 0 amide bonds. The van der Waals surface area contributed by atoms with Crippen molar-refractivity contribution >= 4 is 25.7 Å². The van der Waals surface area contributed by atoms with Gasteiger partial charge < -0.3 is 25.2 Å². The fourth-order valence-electron chi connectivity index (χ4n) is 6.40. The Labute approximate surface area is 377 Å². The molecular formula is C50H88NO10P. The van der Waals surface area contributed by atoms with E-state index in [4.69, 9.17) is 24.8 Å². The molecule has 0 radical (unpaired) electrons. The Morgan fingerprint density at radius 3 is 1.37 bits per heavy atom. The Bertz CT molecular complexity index is 1280. The molecule has 0 saturated heterocycles. The number of ether oxygens (including phenoxy) is 2. The Morgan fingerprint density at radius 1 is 0.500 bits per heavy atom. The molecule has 0 spiro atoms. The van der Waals surface area contributed by atoms with E-state index in [0.29, 0.717) is 12.8 Å². The van der Waals surface area contributed by atoms with Crippen molar-refractivity contribution in [2.24, 2.45) is 5.73 Å². The molecule has 0 rings (SSSR count). The summed E-state index contributed by atoms with van der Waals surface area (Å²) >= 11 is 0. The molecule has 1 unspecified atom stereocenters. The molecule has 0 aromatic rings. The van der Waals surface area contributed by atoms with E-state index in [1.54, 1.807) is 0 Å². The maximum absolute atomic E-state index is 12.7. The highest BCUT2D eigenvalue weighted by molar-refractivity contribution is 7.47. The number of phosphoric acid groups is 1. The molecule has 0 bridgehead atoms. The van der Waals surface area contributed by atoms with Crippen LogP contribution >= 0.6 is 7.82 Å². The van der Waals surface area contributed by atoms with Gasteiger partial charge in [-0.25, -0.2) is 4.57 Å². The Hall–Kier alpha value is -2.82. The van der Waals surface area contributed by atoms with Crippen LogP contribution in [0.1, 0.15) is 206 Å². The number of unbranched alkanes of at least 4 members (excludes halogenated alkanes) is 21. The maximum Gasteiger partial charge on any atom is 0.472 e. The van der Waals surface area contributed by atoms with E-state index in [9.17, 15) is 23.8 Å². The van der Waals surface area contributed by atoms with E-state index in [0.717, 1.165) is 64.2 Å². The maximum atomic E-state index is 12.7. The van der Waals surface area contributed by atoms with Gasteiger partial charge in [0, 0.05) is 12.8 Å². The molecular weight excluding hydrogens is 806 g/mol. The van der Waals surface area contributed by atoms with Crippen LogP contribution in [0.5, 0.6) is 0 Å². The van der Waals surface area contributed by atoms with E-state index in [-0.39, 0.29) is 19.4 Å². The molecule has 0 aromatic carbocycles. The first-order chi connectivity index (χ1) is 30.1. The van der Waals surface area contributed by atoms with Crippen LogP contribution in [-0.4, -0.2) is 59.9 Å². The van der Waals surface area contributed by atoms with Crippen LogP contribution in [0.3, 0.4) is 0 Å². The summed E-state index contributed by atoms with van der Waals surface area (Å²) in [4.78, 5) is 46.1. The van der Waals surface area contributed by atoms with Crippen LogP contribution in [0, 0.1) is 0 Å². The molecule has 0 aliphatic rings. The lowest BCUT2D eigenvalue weighted by atomic mass is 10.0. The Morgan fingerprint density at radius 2 is 0.887 bits per heavy atom. The predicted octanol–water partition coefficient (Wildman–Crippen LogP) is 13.5. The SMILES string of the molecule is CCC/C=C/C/C=C/C/C=C/C/C=C/CCCCCC(=O)O[C@H](COC(=O)CCCCCCCCCCCCC/C=C/CCCCCCCC)COP(=O)(O)OC[C@H](N)C(=O)O. The number of nitrogens with two attached hydrogens (primary N) is 1. The zero-order chi connectivity index (χ0) is 45.6. The zero-order valence-corrected chi connectivity index (χ0v) is 39.8. The highest BCUT2D eigenvalue weighted by atomic mass is 31.2. The van der Waals surface area contributed by atoms with Crippen molar-refractivity contribution < 1.29 is 47.5 Å². The first kappa shape index (κ1) is 59.2. The monoisotopic (exact) mass is 894 g/mol. The minimum absolute atomic E-state index is 0.122. The van der Waals surface area contributed by atoms with Gasteiger partial charge in [0.2, 0.25) is 0 Å². The van der Waals surface area contributed by atoms with Crippen LogP contribution in [-0.2, 0) is 37.5 Å². The van der Waals surface area contributed by atoms with E-state index in [1.165, 1.54) is 103 Å². The predicted molar refractivity (Wildman–Crippen MR) is 254 cm³/mol. The average Bonchev–Trinajstić information content (AvgIpc) is 3.25. The van der Waals surface area contributed by atoms with Gasteiger partial charge in [-0.2, -0.15) is 0 Å². The van der Waals surface area contributed by atoms with Crippen molar-refractivity contribution in [3.05, 3.63) is 60.8 Å². The summed E-state index contributed by atoms with van der Waals surface area (Å²) in [5, 5.41) is 8.91. The molecule has 0 saturated carbocycles. The number of carbonyl (C=O) groups excluding carboxylic acids is 2. The molecule has 11 nitrogen and oxygen atoms in total. The lowest BCUT2D eigenvalue weighted by Gasteiger charge is -2.20. The van der Waals surface area contributed by atoms with Crippen LogP contribution in [0.4, 0.5) is 0 Å². The van der Waals surface area contributed by atoms with Gasteiger partial charge in [0.25, 0.3) is 0 Å². The van der Waals surface area contributed by atoms with Gasteiger partial charge >= 0.3 is 25.7 Å². The second kappa shape index (κ2) is 44.8. The van der Waals surface area contributed by atoms with Crippen molar-refractivity contribution in [3.63, 3.8) is 0 Å². The third-order valence-electron chi connectivity index (χ3n) is 10.2. The highest BCUT2D eigenvalue weighted by Crippen LogP contribution is 2.43. The quantitative estimate of drug-likeness (QED) is 0.0230. The van der Waals surface area contributed by atoms with Gasteiger partial charge in [0.1, 0.15) is 12.6 Å². The van der Waals surface area contributed by atoms with E-state index in [2.05, 4.69) is 79.1 Å². The number of carboxylic acids is 1. The van der Waals surface area contributed by atoms with Crippen LogP contribution < -0.4 is 5.73 Å². The van der Waals surface area contributed by atoms with Crippen molar-refractivity contribution in [2.75, 3.05) is 19.8 Å². The molecule has 0 fully saturated rings. The van der Waals surface area contributed by atoms with Crippen molar-refractivity contribution in [1.29, 1.82) is 0 Å². The standard InChI is InChI=1S/C50H88NO10P/c1-3-5-7-9-11-13-15-17-19-21-22-23-24-26-27-29-31-33-35-37-39-41-48(52)58-43-46(44-59-62(56,57)60-45-47(51)50(54)55)61-49(53)42-40-38-36-34-32-30-28-25-20-18-16-14-12-10-8-6-4-2/h8,10,14,16-17,19-20,25,30,32,46-47H,3-7,9,11-13,15,18,21-24,26-29,31,33-45,51H2,1-2H3,(H,54,55)(H,56,57)/b10-8+,16-14+,19-17+,25-20+,32-30+/t46-,47+/m1/s1. The number of hydrogen-bond acceptors (Lipinski definition) is 9. The van der Waals surface area contributed by atoms with Gasteiger partial charge in [-0.15, -0.1) is 0 Å². The van der Waals surface area contributed by atoms with Crippen molar-refractivity contribution in [2.45, 2.75) is 219 Å². The number of rotatable bonds is 45. The number of allylic oxidation sites excluding steroid dienone is 10. The number of esters is 2. The van der Waals surface area contributed by atoms with Crippen LogP contribution in [0.2, 0.25) is 0 Å². The summed E-state index contributed by atoms with van der Waals surface area (Å²) < 4.78 is 32.8. The molecule has 4 N–H and O–H groups in total. The molecule has 62 heavy (non-hydrogen) atoms. The zero-order valence-electron chi connectivity index (χ0n) is 38.9. The Balaban J connectivity index is 4.32. The van der Waals surface area contributed by atoms with Gasteiger partial charge in [-0.3, -0.25) is 23.4 Å². The van der Waals surface area contributed by atoms with E-state index < -0.39 is 51.1 Å². The van der Waals surface area contributed by atoms with E-state index in [1.807, 2.05) is 0 Å². The summed E-state index contributed by atoms with van der Waals surface area (Å²) in [7, 11) is -4.73. The van der Waals surface area contributed by atoms with Crippen LogP contribution in [0.25, 0.3) is 0 Å². The normalized spacial score (nSPS) is 14.1. The summed E-state index contributed by atoms with van der Waals surface area (Å²) in [5.41, 5.74) is 5.34. The molecule has 3 atom stereocenters. The Kier molecular flexibility index (Phi) is 42.7. The molecule has 0 aromatic heterocycles. The summed E-state index contributed by atoms with van der Waals surface area (Å²) in [6.45, 7) is 2.71. The fourth-order valence-corrected chi connectivity index (χ4v) is 7.18. The number of carbonyl (C=O) groups is 3. The van der Waals surface area contributed by atoms with Gasteiger partial charge in [0.15, 0.2) is 6.10 Å². The molecule has 12 heteroatoms. The van der Waals surface area contributed by atoms with Gasteiger partial charge in [0.05, 0.1) is 13.2 Å². The molecule has 0 aliphatic carbocycles. The third-order valence-corrected chi connectivity index (χ3v) is 11.2. The summed E-state index contributed by atoms with van der Waals surface area (Å²) in [5.74, 6) is -2.42. The minimum atomic E-state index is -4.73. The lowest BCUT2D eigenvalue weighted by molar-refractivity contribution is -0.161. The fraction of sp³-hybridized carbons (Fsp3) is 0.740. The van der Waals surface area contributed by atoms with E-state index >= 15 is 0 Å². The van der Waals surface area contributed by atoms with Crippen molar-refractivity contribution in [3.8, 4) is 0 Å². The largest absolute Gasteiger partial charge is 0.480 e. The van der Waals surface area contributed by atoms with Crippen LogP contribution in [0.15, 0.2) is 60.8 Å². The summed E-state index contributed by atoms with van der Waals surface area (Å²) in [6.07, 6.45) is 52.8. The third kappa shape index (κ3) is 43.8. The number of phosphoric ester groups is 1. The molecule has 0 heterocycles. The average molecular weight is 894 g/mol. The van der Waals surface area contributed by atoms with Gasteiger partial charge in [-0.05, 0) is 77.0 Å². The second-order valence-electron chi connectivity index (χ2n) is 16.2. The molecule has 358 valence electrons. The van der Waals surface area contributed by atoms with Crippen molar-refractivity contribution in [1.82, 2.24) is 0 Å². The molecule has 0 aliphatic heterocycles. The second-order valence-corrected chi connectivity index (χ2v) is 17.7. The first-order valence-corrected chi connectivity index (χ1v) is 25.8. The summed E-state index contributed by atoms with van der Waals surface area (Å²) in [6, 6.07) is -1.53.